The second-order valence-electron chi connectivity index (χ2n) is 4.01. The second-order valence-corrected chi connectivity index (χ2v) is 4.40. The van der Waals surface area contributed by atoms with Crippen molar-refractivity contribution in [2.24, 2.45) is 0 Å². The first-order chi connectivity index (χ1) is 9.99. The number of alkyl halides is 7. The van der Waals surface area contributed by atoms with Gasteiger partial charge in [-0.1, -0.05) is 23.7 Å². The van der Waals surface area contributed by atoms with Crippen molar-refractivity contribution >= 4 is 17.4 Å². The highest BCUT2D eigenvalue weighted by Crippen LogP contribution is 2.25. The van der Waals surface area contributed by atoms with E-state index in [0.717, 1.165) is 12.1 Å². The highest BCUT2D eigenvalue weighted by molar-refractivity contribution is 6.33. The molecular formula is C12H9ClF6O3. The number of ketones is 1. The first-order valence-electron chi connectivity index (χ1n) is 5.65. The van der Waals surface area contributed by atoms with Gasteiger partial charge in [0, 0.05) is 0 Å². The van der Waals surface area contributed by atoms with Gasteiger partial charge in [0.15, 0.2) is 12.2 Å². The maximum atomic E-state index is 12.1. The summed E-state index contributed by atoms with van der Waals surface area (Å²) in [5, 5.41) is 0. The van der Waals surface area contributed by atoms with Crippen LogP contribution in [0.2, 0.25) is 0 Å². The Morgan fingerprint density at radius 2 is 1.59 bits per heavy atom. The molecular weight excluding hydrogens is 342 g/mol. The van der Waals surface area contributed by atoms with Crippen molar-refractivity contribution in [1.82, 2.24) is 0 Å². The van der Waals surface area contributed by atoms with Gasteiger partial charge in [-0.05, 0) is 12.1 Å². The van der Waals surface area contributed by atoms with Gasteiger partial charge in [0.1, 0.15) is 12.4 Å². The number of benzene rings is 1. The fourth-order valence-electron chi connectivity index (χ4n) is 1.32. The fourth-order valence-corrected chi connectivity index (χ4v) is 1.50. The number of para-hydroxylation sites is 1. The van der Waals surface area contributed by atoms with Crippen molar-refractivity contribution in [2.75, 3.05) is 13.2 Å². The molecule has 0 saturated carbocycles. The molecule has 1 atom stereocenters. The van der Waals surface area contributed by atoms with Gasteiger partial charge in [0.2, 0.25) is 5.78 Å². The maximum absolute atomic E-state index is 12.1. The molecule has 0 radical (unpaired) electrons. The zero-order valence-corrected chi connectivity index (χ0v) is 11.4. The molecule has 0 bridgehead atoms. The molecule has 0 aliphatic heterocycles. The minimum absolute atomic E-state index is 0.408. The average Bonchev–Trinajstić information content (AvgIpc) is 2.40. The highest BCUT2D eigenvalue weighted by Gasteiger charge is 2.32. The van der Waals surface area contributed by atoms with E-state index in [9.17, 15) is 31.1 Å². The van der Waals surface area contributed by atoms with Crippen molar-refractivity contribution in [1.29, 1.82) is 0 Å². The summed E-state index contributed by atoms with van der Waals surface area (Å²) in [5.41, 5.74) is -2.41. The third-order valence-electron chi connectivity index (χ3n) is 2.14. The summed E-state index contributed by atoms with van der Waals surface area (Å²) in [6.07, 6.45) is -9.33. The van der Waals surface area contributed by atoms with Crippen molar-refractivity contribution in [3.05, 3.63) is 29.8 Å². The summed E-state index contributed by atoms with van der Waals surface area (Å²) >= 11 is 5.38. The van der Waals surface area contributed by atoms with Gasteiger partial charge in [-0.15, -0.1) is 0 Å². The lowest BCUT2D eigenvalue weighted by Gasteiger charge is -2.15. The first kappa shape index (κ1) is 18.6. The Balaban J connectivity index is 2.80. The number of hydrogen-bond acceptors (Lipinski definition) is 3. The molecule has 0 aliphatic carbocycles. The van der Waals surface area contributed by atoms with Crippen LogP contribution in [0.5, 0.6) is 5.75 Å². The smallest absolute Gasteiger partial charge is 0.422 e. The summed E-state index contributed by atoms with van der Waals surface area (Å²) in [6.45, 7) is -3.42. The normalized spacial score (nSPS) is 13.8. The SMILES string of the molecule is O=C(c1ccccc1OCC(F)(F)F)C(Cl)OCC(F)(F)F. The van der Waals surface area contributed by atoms with Gasteiger partial charge in [-0.3, -0.25) is 4.79 Å². The van der Waals surface area contributed by atoms with Crippen LogP contribution in [0.1, 0.15) is 10.4 Å². The van der Waals surface area contributed by atoms with E-state index in [-0.39, 0.29) is 0 Å². The minimum Gasteiger partial charge on any atom is -0.483 e. The molecule has 0 aliphatic rings. The Labute approximate surface area is 125 Å². The van der Waals surface area contributed by atoms with E-state index in [4.69, 9.17) is 11.6 Å². The van der Waals surface area contributed by atoms with Crippen molar-refractivity contribution in [3.8, 4) is 5.75 Å². The van der Waals surface area contributed by atoms with Crippen molar-refractivity contribution < 1.29 is 40.6 Å². The van der Waals surface area contributed by atoms with E-state index in [1.807, 2.05) is 0 Å². The van der Waals surface area contributed by atoms with Crippen LogP contribution in [0.3, 0.4) is 0 Å². The highest BCUT2D eigenvalue weighted by atomic mass is 35.5. The molecule has 1 aromatic rings. The van der Waals surface area contributed by atoms with Crippen LogP contribution in [0.15, 0.2) is 24.3 Å². The third kappa shape index (κ3) is 6.52. The maximum Gasteiger partial charge on any atom is 0.422 e. The van der Waals surface area contributed by atoms with Crippen LogP contribution in [0, 0.1) is 0 Å². The number of rotatable bonds is 6. The molecule has 1 unspecified atom stereocenters. The molecule has 0 fully saturated rings. The zero-order valence-electron chi connectivity index (χ0n) is 10.7. The number of carbonyl (C=O) groups excluding carboxylic acids is 1. The van der Waals surface area contributed by atoms with Crippen LogP contribution < -0.4 is 4.74 Å². The molecule has 124 valence electrons. The fraction of sp³-hybridized carbons (Fsp3) is 0.417. The van der Waals surface area contributed by atoms with Gasteiger partial charge in [0.25, 0.3) is 0 Å². The lowest BCUT2D eigenvalue weighted by atomic mass is 10.1. The summed E-state index contributed by atoms with van der Waals surface area (Å²) in [6, 6.07) is 4.72. The number of carbonyl (C=O) groups is 1. The Bertz CT molecular complexity index is 514. The standard InChI is InChI=1S/C12H9ClF6O3/c13-10(22-6-12(17,18)19)9(20)7-3-1-2-4-8(7)21-5-11(14,15)16/h1-4,10H,5-6H2. The van der Waals surface area contributed by atoms with Crippen LogP contribution in [0.4, 0.5) is 26.3 Å². The van der Waals surface area contributed by atoms with Gasteiger partial charge >= 0.3 is 12.4 Å². The van der Waals surface area contributed by atoms with E-state index >= 15 is 0 Å². The summed E-state index contributed by atoms with van der Waals surface area (Å²) in [4.78, 5) is 11.8. The number of Topliss-reactive ketones (excluding diaryl/α,β-unsaturated/α-hetero) is 1. The average molecular weight is 351 g/mol. The van der Waals surface area contributed by atoms with E-state index < -0.39 is 48.2 Å². The number of ether oxygens (including phenoxy) is 2. The molecule has 10 heteroatoms. The minimum atomic E-state index is -4.69. The molecule has 1 aromatic carbocycles. The Morgan fingerprint density at radius 1 is 1.05 bits per heavy atom. The summed E-state index contributed by atoms with van der Waals surface area (Å²) < 4.78 is 80.8. The molecule has 0 saturated heterocycles. The largest absolute Gasteiger partial charge is 0.483 e. The van der Waals surface area contributed by atoms with Crippen molar-refractivity contribution in [3.63, 3.8) is 0 Å². The van der Waals surface area contributed by atoms with E-state index in [2.05, 4.69) is 9.47 Å². The first-order valence-corrected chi connectivity index (χ1v) is 6.08. The predicted octanol–water partition coefficient (Wildman–Crippen LogP) is 3.95. The van der Waals surface area contributed by atoms with E-state index in [0.29, 0.717) is 0 Å². The van der Waals surface area contributed by atoms with E-state index in [1.165, 1.54) is 12.1 Å². The topological polar surface area (TPSA) is 35.5 Å². The molecule has 22 heavy (non-hydrogen) atoms. The Kier molecular flexibility index (Phi) is 6.07. The molecule has 0 N–H and O–H groups in total. The van der Waals surface area contributed by atoms with Gasteiger partial charge < -0.3 is 9.47 Å². The van der Waals surface area contributed by atoms with E-state index in [1.54, 1.807) is 0 Å². The Hall–Kier alpha value is -1.48. The summed E-state index contributed by atoms with van der Waals surface area (Å²) in [5.74, 6) is -1.59. The zero-order chi connectivity index (χ0) is 17.0. The number of halogens is 7. The third-order valence-corrected chi connectivity index (χ3v) is 2.47. The molecule has 0 aromatic heterocycles. The van der Waals surface area contributed by atoms with Gasteiger partial charge in [-0.25, -0.2) is 0 Å². The quantitative estimate of drug-likeness (QED) is 0.443. The second kappa shape index (κ2) is 7.19. The van der Waals surface area contributed by atoms with Crippen LogP contribution in [0.25, 0.3) is 0 Å². The molecule has 0 spiro atoms. The molecule has 3 nitrogen and oxygen atoms in total. The molecule has 0 heterocycles. The molecule has 0 amide bonds. The predicted molar refractivity (Wildman–Crippen MR) is 64.0 cm³/mol. The van der Waals surface area contributed by atoms with Crippen LogP contribution in [-0.2, 0) is 4.74 Å². The lowest BCUT2D eigenvalue weighted by molar-refractivity contribution is -0.174. The van der Waals surface area contributed by atoms with Crippen LogP contribution in [-0.4, -0.2) is 36.9 Å². The van der Waals surface area contributed by atoms with Gasteiger partial charge in [-0.2, -0.15) is 26.3 Å². The monoisotopic (exact) mass is 350 g/mol. The van der Waals surface area contributed by atoms with Crippen LogP contribution >= 0.6 is 11.6 Å². The lowest BCUT2D eigenvalue weighted by Crippen LogP contribution is -2.26. The number of hydrogen-bond donors (Lipinski definition) is 0. The molecule has 1 rings (SSSR count). The summed E-state index contributed by atoms with van der Waals surface area (Å²) in [7, 11) is 0. The Morgan fingerprint density at radius 3 is 2.14 bits per heavy atom. The van der Waals surface area contributed by atoms with Crippen molar-refractivity contribution in [2.45, 2.75) is 17.9 Å². The van der Waals surface area contributed by atoms with Gasteiger partial charge in [0.05, 0.1) is 5.56 Å².